The van der Waals surface area contributed by atoms with Gasteiger partial charge in [0.1, 0.15) is 5.82 Å². The van der Waals surface area contributed by atoms with E-state index in [1.807, 2.05) is 43.5 Å². The maximum Gasteiger partial charge on any atom is 0.161 e. The number of anilines is 1. The van der Waals surface area contributed by atoms with Gasteiger partial charge in [0.05, 0.1) is 24.8 Å². The van der Waals surface area contributed by atoms with Crippen LogP contribution in [0, 0.1) is 6.92 Å². The zero-order valence-corrected chi connectivity index (χ0v) is 15.0. The van der Waals surface area contributed by atoms with Crippen LogP contribution in [0.4, 0.5) is 5.82 Å². The highest BCUT2D eigenvalue weighted by atomic mass is 35.5. The molecule has 1 aromatic carbocycles. The van der Waals surface area contributed by atoms with Crippen LogP contribution in [0.15, 0.2) is 36.5 Å². The first-order valence-electron chi connectivity index (χ1n) is 8.36. The molecule has 3 aromatic rings. The minimum atomic E-state index is 0.327. The zero-order chi connectivity index (χ0) is 17.4. The van der Waals surface area contributed by atoms with Crippen LogP contribution in [0.25, 0.3) is 22.3 Å². The predicted octanol–water partition coefficient (Wildman–Crippen LogP) is 3.88. The van der Waals surface area contributed by atoms with Crippen LogP contribution in [0.2, 0.25) is 5.02 Å². The lowest BCUT2D eigenvalue weighted by Crippen LogP contribution is -2.44. The number of rotatable bonds is 2. The van der Waals surface area contributed by atoms with E-state index in [2.05, 4.69) is 26.8 Å². The molecular weight excluding hydrogens is 336 g/mol. The van der Waals surface area contributed by atoms with Gasteiger partial charge >= 0.3 is 0 Å². The molecule has 128 valence electrons. The molecule has 0 bridgehead atoms. The predicted molar refractivity (Wildman–Crippen MR) is 100 cm³/mol. The Bertz CT molecular complexity index is 913. The number of nitrogens with zero attached hydrogens (tertiary/aromatic N) is 4. The van der Waals surface area contributed by atoms with Crippen molar-refractivity contribution < 1.29 is 4.74 Å². The van der Waals surface area contributed by atoms with E-state index >= 15 is 0 Å². The standard InChI is InChI=1S/C19H19ClN4O/c1-12-11-25-8-7-24(12)18-6-3-14(10-21-18)19-22-13(2)16-5-4-15(20)9-17(16)23-19/h3-6,9-10,12H,7-8,11H2,1-2H3/t12-/m0/s1. The number of hydrogen-bond donors (Lipinski definition) is 0. The first-order valence-corrected chi connectivity index (χ1v) is 8.74. The Labute approximate surface area is 151 Å². The molecule has 5 nitrogen and oxygen atoms in total. The zero-order valence-electron chi connectivity index (χ0n) is 14.2. The first-order chi connectivity index (χ1) is 12.1. The molecule has 1 saturated heterocycles. The van der Waals surface area contributed by atoms with Crippen LogP contribution in [0.5, 0.6) is 0 Å². The highest BCUT2D eigenvalue weighted by Crippen LogP contribution is 2.25. The average Bonchev–Trinajstić information content (AvgIpc) is 2.62. The van der Waals surface area contributed by atoms with Crippen LogP contribution in [0.3, 0.4) is 0 Å². The minimum absolute atomic E-state index is 0.327. The molecule has 0 amide bonds. The normalized spacial score (nSPS) is 17.9. The second-order valence-corrected chi connectivity index (χ2v) is 6.75. The first kappa shape index (κ1) is 16.2. The van der Waals surface area contributed by atoms with E-state index in [9.17, 15) is 0 Å². The minimum Gasteiger partial charge on any atom is -0.377 e. The Kier molecular flexibility index (Phi) is 4.27. The van der Waals surface area contributed by atoms with E-state index < -0.39 is 0 Å². The molecule has 2 aromatic heterocycles. The van der Waals surface area contributed by atoms with Gasteiger partial charge in [-0.3, -0.25) is 0 Å². The fourth-order valence-electron chi connectivity index (χ4n) is 3.15. The van der Waals surface area contributed by atoms with Gasteiger partial charge in [0.15, 0.2) is 5.82 Å². The van der Waals surface area contributed by atoms with Crippen molar-refractivity contribution in [2.24, 2.45) is 0 Å². The summed E-state index contributed by atoms with van der Waals surface area (Å²) >= 11 is 6.10. The number of benzene rings is 1. The van der Waals surface area contributed by atoms with E-state index in [4.69, 9.17) is 16.3 Å². The Morgan fingerprint density at radius 2 is 2.08 bits per heavy atom. The molecule has 0 saturated carbocycles. The fraction of sp³-hybridized carbons (Fsp3) is 0.316. The van der Waals surface area contributed by atoms with Crippen LogP contribution in [0.1, 0.15) is 12.6 Å². The summed E-state index contributed by atoms with van der Waals surface area (Å²) in [6.07, 6.45) is 1.84. The number of hydrogen-bond acceptors (Lipinski definition) is 5. The third kappa shape index (κ3) is 3.17. The van der Waals surface area contributed by atoms with Gasteiger partial charge in [-0.1, -0.05) is 11.6 Å². The molecule has 0 unspecified atom stereocenters. The maximum absolute atomic E-state index is 6.10. The Hall–Kier alpha value is -2.24. The molecule has 1 atom stereocenters. The summed E-state index contributed by atoms with van der Waals surface area (Å²) in [6.45, 7) is 6.46. The molecule has 25 heavy (non-hydrogen) atoms. The summed E-state index contributed by atoms with van der Waals surface area (Å²) < 4.78 is 5.49. The summed E-state index contributed by atoms with van der Waals surface area (Å²) in [7, 11) is 0. The third-order valence-corrected chi connectivity index (χ3v) is 4.75. The Balaban J connectivity index is 1.69. The molecule has 1 aliphatic rings. The summed E-state index contributed by atoms with van der Waals surface area (Å²) in [6, 6.07) is 10.1. The SMILES string of the molecule is Cc1nc(-c2ccc(N3CCOC[C@@H]3C)nc2)nc2cc(Cl)ccc12. The van der Waals surface area contributed by atoms with Gasteiger partial charge in [-0.15, -0.1) is 0 Å². The van der Waals surface area contributed by atoms with Gasteiger partial charge in [0, 0.05) is 34.4 Å². The summed E-state index contributed by atoms with van der Waals surface area (Å²) in [5.41, 5.74) is 2.68. The van der Waals surface area contributed by atoms with E-state index in [1.54, 1.807) is 0 Å². The van der Waals surface area contributed by atoms with E-state index in [1.165, 1.54) is 0 Å². The lowest BCUT2D eigenvalue weighted by Gasteiger charge is -2.34. The highest BCUT2D eigenvalue weighted by molar-refractivity contribution is 6.31. The number of halogens is 1. The number of aryl methyl sites for hydroxylation is 1. The number of pyridine rings is 1. The van der Waals surface area contributed by atoms with Crippen LogP contribution >= 0.6 is 11.6 Å². The van der Waals surface area contributed by atoms with Crippen molar-refractivity contribution >= 4 is 28.3 Å². The Morgan fingerprint density at radius 3 is 2.84 bits per heavy atom. The fourth-order valence-corrected chi connectivity index (χ4v) is 3.31. The molecule has 0 N–H and O–H groups in total. The van der Waals surface area contributed by atoms with Crippen molar-refractivity contribution in [2.75, 3.05) is 24.7 Å². The topological polar surface area (TPSA) is 51.1 Å². The Morgan fingerprint density at radius 1 is 1.20 bits per heavy atom. The van der Waals surface area contributed by atoms with Crippen molar-refractivity contribution in [1.29, 1.82) is 0 Å². The largest absolute Gasteiger partial charge is 0.377 e. The molecule has 4 rings (SSSR count). The number of ether oxygens (including phenoxy) is 1. The second kappa shape index (κ2) is 6.58. The van der Waals surface area contributed by atoms with E-state index in [-0.39, 0.29) is 0 Å². The number of aromatic nitrogens is 3. The van der Waals surface area contributed by atoms with Gasteiger partial charge in [0.25, 0.3) is 0 Å². The summed E-state index contributed by atoms with van der Waals surface area (Å²) in [4.78, 5) is 16.2. The lowest BCUT2D eigenvalue weighted by molar-refractivity contribution is 0.0985. The monoisotopic (exact) mass is 354 g/mol. The van der Waals surface area contributed by atoms with Crippen molar-refractivity contribution in [1.82, 2.24) is 15.0 Å². The molecular formula is C19H19ClN4O. The second-order valence-electron chi connectivity index (χ2n) is 6.32. The number of fused-ring (bicyclic) bond motifs is 1. The molecule has 3 heterocycles. The van der Waals surface area contributed by atoms with Gasteiger partial charge in [-0.25, -0.2) is 15.0 Å². The molecule has 0 aliphatic carbocycles. The number of morpholine rings is 1. The average molecular weight is 355 g/mol. The van der Waals surface area contributed by atoms with Crippen LogP contribution in [-0.4, -0.2) is 40.8 Å². The molecule has 1 fully saturated rings. The van der Waals surface area contributed by atoms with Gasteiger partial charge in [-0.2, -0.15) is 0 Å². The molecule has 0 radical (unpaired) electrons. The molecule has 1 aliphatic heterocycles. The lowest BCUT2D eigenvalue weighted by atomic mass is 10.1. The van der Waals surface area contributed by atoms with Gasteiger partial charge in [0.2, 0.25) is 0 Å². The van der Waals surface area contributed by atoms with Crippen molar-refractivity contribution in [3.8, 4) is 11.4 Å². The van der Waals surface area contributed by atoms with Crippen molar-refractivity contribution in [3.63, 3.8) is 0 Å². The third-order valence-electron chi connectivity index (χ3n) is 4.52. The molecule has 6 heteroatoms. The van der Waals surface area contributed by atoms with Crippen molar-refractivity contribution in [2.45, 2.75) is 19.9 Å². The highest BCUT2D eigenvalue weighted by Gasteiger charge is 2.20. The summed E-state index contributed by atoms with van der Waals surface area (Å²) in [5.74, 6) is 1.63. The quantitative estimate of drug-likeness (QED) is 0.699. The maximum atomic E-state index is 6.10. The van der Waals surface area contributed by atoms with E-state index in [0.29, 0.717) is 16.9 Å². The molecule has 0 spiro atoms. The van der Waals surface area contributed by atoms with Crippen LogP contribution < -0.4 is 4.90 Å². The van der Waals surface area contributed by atoms with E-state index in [0.717, 1.165) is 47.7 Å². The van der Waals surface area contributed by atoms with Gasteiger partial charge < -0.3 is 9.64 Å². The smallest absolute Gasteiger partial charge is 0.161 e. The summed E-state index contributed by atoms with van der Waals surface area (Å²) in [5, 5.41) is 1.69. The van der Waals surface area contributed by atoms with Crippen LogP contribution in [-0.2, 0) is 4.74 Å². The van der Waals surface area contributed by atoms with Crippen molar-refractivity contribution in [3.05, 3.63) is 47.2 Å². The van der Waals surface area contributed by atoms with Gasteiger partial charge in [-0.05, 0) is 44.2 Å².